The van der Waals surface area contributed by atoms with Crippen LogP contribution < -0.4 is 4.90 Å². The van der Waals surface area contributed by atoms with Crippen molar-refractivity contribution in [2.45, 2.75) is 20.4 Å². The molecule has 3 aromatic rings. The molecule has 2 aromatic heterocycles. The van der Waals surface area contributed by atoms with E-state index in [0.717, 1.165) is 44.4 Å². The summed E-state index contributed by atoms with van der Waals surface area (Å²) in [6, 6.07) is 10.6. The molecule has 0 N–H and O–H groups in total. The lowest BCUT2D eigenvalue weighted by atomic mass is 10.0. The molecular weight excluding hydrogens is 324 g/mol. The Kier molecular flexibility index (Phi) is 4.67. The number of rotatable bonds is 4. The number of anilines is 1. The molecule has 3 heterocycles. The molecule has 26 heavy (non-hydrogen) atoms. The van der Waals surface area contributed by atoms with Gasteiger partial charge in [-0.1, -0.05) is 23.8 Å². The first-order valence-electron chi connectivity index (χ1n) is 9.04. The van der Waals surface area contributed by atoms with Gasteiger partial charge in [-0.3, -0.25) is 4.90 Å². The second-order valence-electron chi connectivity index (χ2n) is 6.88. The Morgan fingerprint density at radius 3 is 2.54 bits per heavy atom. The van der Waals surface area contributed by atoms with E-state index in [2.05, 4.69) is 56.9 Å². The molecule has 134 valence electrons. The molecule has 0 amide bonds. The zero-order valence-electron chi connectivity index (χ0n) is 15.3. The van der Waals surface area contributed by atoms with Gasteiger partial charge in [0, 0.05) is 51.2 Å². The summed E-state index contributed by atoms with van der Waals surface area (Å²) >= 11 is 0. The van der Waals surface area contributed by atoms with E-state index in [0.29, 0.717) is 0 Å². The number of hydrogen-bond acceptors (Lipinski definition) is 5. The molecule has 6 heteroatoms. The molecule has 0 saturated carbocycles. The average Bonchev–Trinajstić information content (AvgIpc) is 3.20. The van der Waals surface area contributed by atoms with Gasteiger partial charge in [0.15, 0.2) is 5.82 Å². The van der Waals surface area contributed by atoms with Crippen molar-refractivity contribution >= 4 is 5.82 Å². The van der Waals surface area contributed by atoms with Crippen LogP contribution in [0.15, 0.2) is 49.1 Å². The lowest BCUT2D eigenvalue weighted by Crippen LogP contribution is -2.46. The van der Waals surface area contributed by atoms with Crippen molar-refractivity contribution in [3.05, 3.63) is 65.7 Å². The second kappa shape index (κ2) is 7.25. The van der Waals surface area contributed by atoms with Gasteiger partial charge in [0.2, 0.25) is 0 Å². The molecule has 6 nitrogen and oxygen atoms in total. The lowest BCUT2D eigenvalue weighted by molar-refractivity contribution is 0.249. The summed E-state index contributed by atoms with van der Waals surface area (Å²) in [5, 5.41) is 4.25. The van der Waals surface area contributed by atoms with Gasteiger partial charge in [-0.2, -0.15) is 5.10 Å². The fourth-order valence-electron chi connectivity index (χ4n) is 3.39. The van der Waals surface area contributed by atoms with Crippen molar-refractivity contribution in [1.82, 2.24) is 24.6 Å². The highest BCUT2D eigenvalue weighted by atomic mass is 15.3. The Morgan fingerprint density at radius 2 is 1.77 bits per heavy atom. The van der Waals surface area contributed by atoms with Crippen LogP contribution in [-0.2, 0) is 6.54 Å². The fourth-order valence-corrected chi connectivity index (χ4v) is 3.39. The molecule has 0 unspecified atom stereocenters. The maximum Gasteiger partial charge on any atom is 0.158 e. The van der Waals surface area contributed by atoms with E-state index >= 15 is 0 Å². The minimum absolute atomic E-state index is 0.804. The summed E-state index contributed by atoms with van der Waals surface area (Å²) < 4.78 is 1.77. The van der Waals surface area contributed by atoms with Gasteiger partial charge in [-0.15, -0.1) is 0 Å². The van der Waals surface area contributed by atoms with Crippen molar-refractivity contribution in [1.29, 1.82) is 0 Å². The number of aryl methyl sites for hydroxylation is 2. The number of nitrogens with zero attached hydrogens (tertiary/aromatic N) is 6. The Bertz CT molecular complexity index is 866. The molecule has 1 saturated heterocycles. The largest absolute Gasteiger partial charge is 0.354 e. The summed E-state index contributed by atoms with van der Waals surface area (Å²) in [5.41, 5.74) is 4.13. The summed E-state index contributed by atoms with van der Waals surface area (Å²) in [5.74, 6) is 1.77. The molecule has 0 bridgehead atoms. The topological polar surface area (TPSA) is 50.1 Å². The minimum atomic E-state index is 0.804. The smallest absolute Gasteiger partial charge is 0.158 e. The van der Waals surface area contributed by atoms with E-state index in [4.69, 9.17) is 0 Å². The van der Waals surface area contributed by atoms with Crippen LogP contribution in [0.2, 0.25) is 0 Å². The molecular formula is C20H24N6. The predicted octanol–water partition coefficient (Wildman–Crippen LogP) is 2.60. The number of hydrogen-bond donors (Lipinski definition) is 0. The highest BCUT2D eigenvalue weighted by Gasteiger charge is 2.19. The normalized spacial score (nSPS) is 15.4. The van der Waals surface area contributed by atoms with Crippen LogP contribution in [-0.4, -0.2) is 50.8 Å². The Morgan fingerprint density at radius 1 is 0.962 bits per heavy atom. The third-order valence-corrected chi connectivity index (χ3v) is 4.97. The van der Waals surface area contributed by atoms with Gasteiger partial charge >= 0.3 is 0 Å². The van der Waals surface area contributed by atoms with Crippen molar-refractivity contribution in [2.24, 2.45) is 0 Å². The van der Waals surface area contributed by atoms with Crippen LogP contribution >= 0.6 is 0 Å². The molecule has 0 aliphatic carbocycles. The van der Waals surface area contributed by atoms with E-state index in [-0.39, 0.29) is 0 Å². The van der Waals surface area contributed by atoms with Crippen LogP contribution in [0.4, 0.5) is 5.82 Å². The first-order valence-corrected chi connectivity index (χ1v) is 9.04. The van der Waals surface area contributed by atoms with E-state index in [1.807, 2.05) is 18.3 Å². The molecule has 1 aliphatic rings. The molecule has 0 atom stereocenters. The van der Waals surface area contributed by atoms with E-state index in [9.17, 15) is 0 Å². The Balaban J connectivity index is 1.41. The molecule has 1 aromatic carbocycles. The van der Waals surface area contributed by atoms with Gasteiger partial charge in [-0.05, 0) is 31.0 Å². The Labute approximate surface area is 154 Å². The summed E-state index contributed by atoms with van der Waals surface area (Å²) in [7, 11) is 0. The third kappa shape index (κ3) is 3.60. The summed E-state index contributed by atoms with van der Waals surface area (Å²) in [6.45, 7) is 9.39. The zero-order chi connectivity index (χ0) is 17.9. The van der Waals surface area contributed by atoms with Crippen molar-refractivity contribution in [3.63, 3.8) is 0 Å². The van der Waals surface area contributed by atoms with Crippen LogP contribution in [0, 0.1) is 13.8 Å². The molecule has 1 aliphatic heterocycles. The third-order valence-electron chi connectivity index (χ3n) is 4.97. The van der Waals surface area contributed by atoms with Gasteiger partial charge in [0.25, 0.3) is 0 Å². The quantitative estimate of drug-likeness (QED) is 0.725. The number of piperazine rings is 1. The highest BCUT2D eigenvalue weighted by molar-refractivity contribution is 5.43. The first-order chi connectivity index (χ1) is 12.7. The highest BCUT2D eigenvalue weighted by Crippen LogP contribution is 2.18. The Hall–Kier alpha value is -2.73. The van der Waals surface area contributed by atoms with Crippen molar-refractivity contribution in [3.8, 4) is 5.82 Å². The summed E-state index contributed by atoms with van der Waals surface area (Å²) in [6.07, 6.45) is 5.27. The first kappa shape index (κ1) is 16.7. The van der Waals surface area contributed by atoms with Gasteiger partial charge in [0.05, 0.1) is 0 Å². The van der Waals surface area contributed by atoms with Crippen LogP contribution in [0.1, 0.15) is 16.7 Å². The van der Waals surface area contributed by atoms with E-state index in [1.165, 1.54) is 16.7 Å². The van der Waals surface area contributed by atoms with Gasteiger partial charge in [0.1, 0.15) is 12.1 Å². The minimum Gasteiger partial charge on any atom is -0.354 e. The second-order valence-corrected chi connectivity index (χ2v) is 6.88. The van der Waals surface area contributed by atoms with Crippen molar-refractivity contribution in [2.75, 3.05) is 31.1 Å². The van der Waals surface area contributed by atoms with E-state index in [1.54, 1.807) is 17.2 Å². The lowest BCUT2D eigenvalue weighted by Gasteiger charge is -2.35. The van der Waals surface area contributed by atoms with Crippen LogP contribution in [0.5, 0.6) is 0 Å². The van der Waals surface area contributed by atoms with Crippen LogP contribution in [0.25, 0.3) is 5.82 Å². The standard InChI is InChI=1S/C20H24N6/c1-16-4-5-17(2)18(12-16)14-24-8-10-25(11-9-24)19-13-20(22-15-21-19)26-7-3-6-23-26/h3-7,12-13,15H,8-11,14H2,1-2H3. The zero-order valence-corrected chi connectivity index (χ0v) is 15.3. The molecule has 4 rings (SSSR count). The maximum atomic E-state index is 4.46. The van der Waals surface area contributed by atoms with Gasteiger partial charge in [-0.25, -0.2) is 14.6 Å². The number of aromatic nitrogens is 4. The molecule has 1 fully saturated rings. The van der Waals surface area contributed by atoms with E-state index < -0.39 is 0 Å². The number of benzene rings is 1. The van der Waals surface area contributed by atoms with Crippen molar-refractivity contribution < 1.29 is 0 Å². The monoisotopic (exact) mass is 348 g/mol. The average molecular weight is 348 g/mol. The SMILES string of the molecule is Cc1ccc(C)c(CN2CCN(c3cc(-n4cccn4)ncn3)CC2)c1. The fraction of sp³-hybridized carbons (Fsp3) is 0.350. The molecule has 0 spiro atoms. The molecule has 0 radical (unpaired) electrons. The summed E-state index contributed by atoms with van der Waals surface area (Å²) in [4.78, 5) is 13.6. The maximum absolute atomic E-state index is 4.46. The predicted molar refractivity (Wildman–Crippen MR) is 103 cm³/mol. The van der Waals surface area contributed by atoms with Crippen LogP contribution in [0.3, 0.4) is 0 Å². The van der Waals surface area contributed by atoms with Gasteiger partial charge < -0.3 is 4.90 Å².